The maximum Gasteiger partial charge on any atom is 0.311 e. The number of hydrogen-bond donors (Lipinski definition) is 1. The van der Waals surface area contributed by atoms with Gasteiger partial charge >= 0.3 is 5.97 Å². The summed E-state index contributed by atoms with van der Waals surface area (Å²) in [4.78, 5) is 11.8. The van der Waals surface area contributed by atoms with Gasteiger partial charge in [-0.05, 0) is 24.0 Å². The fourth-order valence-electron chi connectivity index (χ4n) is 2.50. The van der Waals surface area contributed by atoms with E-state index in [1.807, 2.05) is 12.1 Å². The van der Waals surface area contributed by atoms with E-state index in [2.05, 4.69) is 31.3 Å². The van der Waals surface area contributed by atoms with Crippen LogP contribution in [0.3, 0.4) is 0 Å². The first-order valence-electron chi connectivity index (χ1n) is 6.05. The Hall–Kier alpha value is -1.51. The van der Waals surface area contributed by atoms with Crippen molar-refractivity contribution in [3.05, 3.63) is 29.8 Å². The predicted molar refractivity (Wildman–Crippen MR) is 67.9 cm³/mol. The van der Waals surface area contributed by atoms with Crippen molar-refractivity contribution < 1.29 is 9.53 Å². The molecule has 1 heterocycles. The molecule has 92 valence electrons. The molecule has 0 aromatic heterocycles. The maximum atomic E-state index is 11.8. The molecule has 3 nitrogen and oxygen atoms in total. The van der Waals surface area contributed by atoms with E-state index >= 15 is 0 Å². The van der Waals surface area contributed by atoms with Crippen molar-refractivity contribution in [1.29, 1.82) is 0 Å². The van der Waals surface area contributed by atoms with Crippen molar-refractivity contribution in [3.8, 4) is 0 Å². The number of rotatable bonds is 2. The highest BCUT2D eigenvalue weighted by Gasteiger charge is 2.35. The van der Waals surface area contributed by atoms with E-state index < -0.39 is 0 Å². The van der Waals surface area contributed by atoms with Gasteiger partial charge in [-0.2, -0.15) is 0 Å². The summed E-state index contributed by atoms with van der Waals surface area (Å²) in [6.45, 7) is 4.25. The molecule has 1 N–H and O–H groups in total. The van der Waals surface area contributed by atoms with Crippen LogP contribution in [0.1, 0.15) is 19.4 Å². The second-order valence-electron chi connectivity index (χ2n) is 4.91. The number of ether oxygens (including phenoxy) is 1. The molecule has 0 aliphatic carbocycles. The number of fused-ring (bicyclic) bond motifs is 1. The largest absolute Gasteiger partial charge is 0.469 e. The molecule has 2 atom stereocenters. The van der Waals surface area contributed by atoms with Gasteiger partial charge in [-0.25, -0.2) is 0 Å². The molecule has 0 fully saturated rings. The average Bonchev–Trinajstić information content (AvgIpc) is 2.36. The van der Waals surface area contributed by atoms with Crippen molar-refractivity contribution in [2.75, 3.05) is 12.4 Å². The highest BCUT2D eigenvalue weighted by Crippen LogP contribution is 2.31. The summed E-state index contributed by atoms with van der Waals surface area (Å²) >= 11 is 0. The molecule has 0 radical (unpaired) electrons. The Bertz CT molecular complexity index is 414. The fourth-order valence-corrected chi connectivity index (χ4v) is 2.50. The number of carbonyl (C=O) groups is 1. The summed E-state index contributed by atoms with van der Waals surface area (Å²) in [5, 5.41) is 3.46. The molecule has 1 aliphatic heterocycles. The first-order valence-corrected chi connectivity index (χ1v) is 6.05. The highest BCUT2D eigenvalue weighted by molar-refractivity contribution is 5.76. The molecule has 17 heavy (non-hydrogen) atoms. The Morgan fingerprint density at radius 3 is 2.76 bits per heavy atom. The van der Waals surface area contributed by atoms with Crippen LogP contribution in [0.4, 0.5) is 5.69 Å². The first kappa shape index (κ1) is 12.0. The third kappa shape index (κ3) is 2.28. The topological polar surface area (TPSA) is 38.3 Å². The quantitative estimate of drug-likeness (QED) is 0.797. The number of anilines is 1. The number of carbonyl (C=O) groups excluding carboxylic acids is 1. The summed E-state index contributed by atoms with van der Waals surface area (Å²) in [5.41, 5.74) is 2.34. The third-order valence-electron chi connectivity index (χ3n) is 3.44. The molecular formula is C14H19NO2. The zero-order chi connectivity index (χ0) is 12.4. The van der Waals surface area contributed by atoms with Crippen molar-refractivity contribution >= 4 is 11.7 Å². The van der Waals surface area contributed by atoms with Crippen molar-refractivity contribution in [2.45, 2.75) is 26.3 Å². The number of hydrogen-bond acceptors (Lipinski definition) is 3. The lowest BCUT2D eigenvalue weighted by Gasteiger charge is -2.35. The lowest BCUT2D eigenvalue weighted by Crippen LogP contribution is -2.43. The van der Waals surface area contributed by atoms with Gasteiger partial charge < -0.3 is 10.1 Å². The molecule has 0 bridgehead atoms. The van der Waals surface area contributed by atoms with Gasteiger partial charge in [0.2, 0.25) is 0 Å². The monoisotopic (exact) mass is 233 g/mol. The van der Waals surface area contributed by atoms with Gasteiger partial charge in [0.25, 0.3) is 0 Å². The van der Waals surface area contributed by atoms with E-state index in [0.29, 0.717) is 5.92 Å². The molecule has 0 saturated carbocycles. The van der Waals surface area contributed by atoms with E-state index in [0.717, 1.165) is 12.1 Å². The average molecular weight is 233 g/mol. The summed E-state index contributed by atoms with van der Waals surface area (Å²) < 4.78 is 4.91. The highest BCUT2D eigenvalue weighted by atomic mass is 16.5. The van der Waals surface area contributed by atoms with Gasteiger partial charge in [0, 0.05) is 11.7 Å². The zero-order valence-electron chi connectivity index (χ0n) is 10.6. The summed E-state index contributed by atoms with van der Waals surface area (Å²) in [6, 6.07) is 8.30. The Morgan fingerprint density at radius 1 is 1.41 bits per heavy atom. The molecule has 2 rings (SSSR count). The standard InChI is InChI=1S/C14H19NO2/c1-9(2)13-11(14(16)17-3)8-10-6-4-5-7-12(10)15-13/h4-7,9,11,13,15H,8H2,1-3H3/t11-,13-/m0/s1. The Balaban J connectivity index is 2.31. The number of methoxy groups -OCH3 is 1. The van der Waals surface area contributed by atoms with E-state index in [-0.39, 0.29) is 17.9 Å². The zero-order valence-corrected chi connectivity index (χ0v) is 10.6. The minimum atomic E-state index is -0.120. The molecule has 0 amide bonds. The predicted octanol–water partition coefficient (Wildman–Crippen LogP) is 2.47. The second kappa shape index (κ2) is 4.78. The fraction of sp³-hybridized carbons (Fsp3) is 0.500. The smallest absolute Gasteiger partial charge is 0.311 e. The molecule has 1 aliphatic rings. The number of nitrogens with one attached hydrogen (secondary N) is 1. The van der Waals surface area contributed by atoms with Crippen molar-refractivity contribution in [2.24, 2.45) is 11.8 Å². The molecule has 3 heteroatoms. The van der Waals surface area contributed by atoms with Crippen LogP contribution >= 0.6 is 0 Å². The number of esters is 1. The van der Waals surface area contributed by atoms with Crippen LogP contribution in [0.25, 0.3) is 0 Å². The van der Waals surface area contributed by atoms with Crippen molar-refractivity contribution in [1.82, 2.24) is 0 Å². The Kier molecular flexibility index (Phi) is 3.36. The summed E-state index contributed by atoms with van der Waals surface area (Å²) in [5.74, 6) is 0.188. The van der Waals surface area contributed by atoms with Gasteiger partial charge in [-0.1, -0.05) is 32.0 Å². The maximum absolute atomic E-state index is 11.8. The van der Waals surface area contributed by atoms with Gasteiger partial charge in [0.15, 0.2) is 0 Å². The second-order valence-corrected chi connectivity index (χ2v) is 4.91. The molecule has 1 aromatic carbocycles. The normalized spacial score (nSPS) is 22.8. The molecular weight excluding hydrogens is 214 g/mol. The van der Waals surface area contributed by atoms with Gasteiger partial charge in [0.1, 0.15) is 0 Å². The molecule has 0 unspecified atom stereocenters. The van der Waals surface area contributed by atoms with Gasteiger partial charge in [-0.15, -0.1) is 0 Å². The number of para-hydroxylation sites is 1. The van der Waals surface area contributed by atoms with E-state index in [9.17, 15) is 4.79 Å². The molecule has 0 saturated heterocycles. The lowest BCUT2D eigenvalue weighted by atomic mass is 9.82. The SMILES string of the molecule is COC(=O)[C@H]1Cc2ccccc2N[C@H]1C(C)C. The lowest BCUT2D eigenvalue weighted by molar-refractivity contribution is -0.146. The summed E-state index contributed by atoms with van der Waals surface area (Å²) in [7, 11) is 1.46. The van der Waals surface area contributed by atoms with Crippen LogP contribution < -0.4 is 5.32 Å². The van der Waals surface area contributed by atoms with Crippen LogP contribution in [0.15, 0.2) is 24.3 Å². The Labute approximate surface area is 102 Å². The Morgan fingerprint density at radius 2 is 2.12 bits per heavy atom. The summed E-state index contributed by atoms with van der Waals surface area (Å²) in [6.07, 6.45) is 0.763. The van der Waals surface area contributed by atoms with Crippen LogP contribution in [-0.2, 0) is 16.0 Å². The van der Waals surface area contributed by atoms with E-state index in [4.69, 9.17) is 4.74 Å². The minimum absolute atomic E-state index is 0.0881. The van der Waals surface area contributed by atoms with Gasteiger partial charge in [0.05, 0.1) is 13.0 Å². The van der Waals surface area contributed by atoms with E-state index in [1.54, 1.807) is 0 Å². The van der Waals surface area contributed by atoms with Crippen LogP contribution in [0, 0.1) is 11.8 Å². The van der Waals surface area contributed by atoms with Crippen LogP contribution in [0.5, 0.6) is 0 Å². The number of benzene rings is 1. The minimum Gasteiger partial charge on any atom is -0.469 e. The van der Waals surface area contributed by atoms with Crippen LogP contribution in [0.2, 0.25) is 0 Å². The van der Waals surface area contributed by atoms with Gasteiger partial charge in [-0.3, -0.25) is 4.79 Å². The van der Waals surface area contributed by atoms with E-state index in [1.165, 1.54) is 12.7 Å². The van der Waals surface area contributed by atoms with Crippen LogP contribution in [-0.4, -0.2) is 19.1 Å². The molecule has 0 spiro atoms. The molecule has 1 aromatic rings. The first-order chi connectivity index (χ1) is 8.13. The third-order valence-corrected chi connectivity index (χ3v) is 3.44. The van der Waals surface area contributed by atoms with Crippen molar-refractivity contribution in [3.63, 3.8) is 0 Å².